The molecule has 0 bridgehead atoms. The average molecular weight is 212 g/mol. The van der Waals surface area contributed by atoms with Crippen LogP contribution in [0.25, 0.3) is 0 Å². The van der Waals surface area contributed by atoms with Crippen LogP contribution in [0.3, 0.4) is 0 Å². The van der Waals surface area contributed by atoms with E-state index in [2.05, 4.69) is 0 Å². The first-order valence-electron chi connectivity index (χ1n) is 5.06. The smallest absolute Gasteiger partial charge is 0.130 e. The Morgan fingerprint density at radius 3 is 2.53 bits per heavy atom. The molecular weight excluding hydrogens is 195 g/mol. The fourth-order valence-corrected chi connectivity index (χ4v) is 1.81. The van der Waals surface area contributed by atoms with Gasteiger partial charge in [0.15, 0.2) is 0 Å². The van der Waals surface area contributed by atoms with Gasteiger partial charge in [-0.1, -0.05) is 6.92 Å². The van der Waals surface area contributed by atoms with Crippen LogP contribution in [-0.2, 0) is 6.42 Å². The molecular formula is C12H17FO2. The van der Waals surface area contributed by atoms with Crippen molar-refractivity contribution in [2.24, 2.45) is 0 Å². The molecule has 1 rings (SSSR count). The second-order valence-electron chi connectivity index (χ2n) is 3.61. The van der Waals surface area contributed by atoms with Gasteiger partial charge in [-0.05, 0) is 31.9 Å². The van der Waals surface area contributed by atoms with Crippen molar-refractivity contribution >= 4 is 0 Å². The predicted molar refractivity (Wildman–Crippen MR) is 57.7 cm³/mol. The summed E-state index contributed by atoms with van der Waals surface area (Å²) >= 11 is 0. The number of aliphatic hydroxyl groups is 1. The highest BCUT2D eigenvalue weighted by Gasteiger charge is 2.17. The van der Waals surface area contributed by atoms with E-state index in [-0.39, 0.29) is 5.82 Å². The molecule has 0 saturated carbocycles. The van der Waals surface area contributed by atoms with Gasteiger partial charge < -0.3 is 9.84 Å². The molecule has 0 spiro atoms. The summed E-state index contributed by atoms with van der Waals surface area (Å²) in [5.74, 6) is 0.216. The van der Waals surface area contributed by atoms with Crippen molar-refractivity contribution in [3.8, 4) is 5.75 Å². The maximum absolute atomic E-state index is 13.5. The first-order valence-corrected chi connectivity index (χ1v) is 5.06. The molecule has 15 heavy (non-hydrogen) atoms. The van der Waals surface area contributed by atoms with Gasteiger partial charge in [0.1, 0.15) is 11.6 Å². The zero-order valence-corrected chi connectivity index (χ0v) is 9.60. The Kier molecular flexibility index (Phi) is 3.69. The summed E-state index contributed by atoms with van der Waals surface area (Å²) in [4.78, 5) is 0. The largest absolute Gasteiger partial charge is 0.496 e. The molecule has 1 aromatic carbocycles. The lowest BCUT2D eigenvalue weighted by atomic mass is 9.97. The number of methoxy groups -OCH3 is 1. The molecule has 0 aliphatic carbocycles. The summed E-state index contributed by atoms with van der Waals surface area (Å²) in [6.07, 6.45) is 0.0359. The number of benzene rings is 1. The number of ether oxygens (including phenoxy) is 1. The van der Waals surface area contributed by atoms with Crippen LogP contribution in [-0.4, -0.2) is 12.2 Å². The van der Waals surface area contributed by atoms with Crippen molar-refractivity contribution in [3.05, 3.63) is 28.6 Å². The minimum atomic E-state index is -0.677. The van der Waals surface area contributed by atoms with Gasteiger partial charge in [0.2, 0.25) is 0 Å². The first kappa shape index (κ1) is 12.0. The van der Waals surface area contributed by atoms with Gasteiger partial charge >= 0.3 is 0 Å². The average Bonchev–Trinajstić information content (AvgIpc) is 2.20. The van der Waals surface area contributed by atoms with Crippen molar-refractivity contribution in [2.75, 3.05) is 7.11 Å². The molecule has 3 heteroatoms. The molecule has 0 saturated heterocycles. The summed E-state index contributed by atoms with van der Waals surface area (Å²) in [6.45, 7) is 5.27. The van der Waals surface area contributed by atoms with Crippen molar-refractivity contribution < 1.29 is 14.2 Å². The van der Waals surface area contributed by atoms with E-state index in [0.29, 0.717) is 23.3 Å². The Morgan fingerprint density at radius 1 is 1.53 bits per heavy atom. The zero-order valence-electron chi connectivity index (χ0n) is 9.60. The number of hydrogen-bond acceptors (Lipinski definition) is 2. The Morgan fingerprint density at radius 2 is 2.13 bits per heavy atom. The van der Waals surface area contributed by atoms with Crippen LogP contribution in [0.4, 0.5) is 4.39 Å². The number of hydrogen-bond donors (Lipinski definition) is 1. The minimum Gasteiger partial charge on any atom is -0.496 e. The zero-order chi connectivity index (χ0) is 11.6. The molecule has 0 aliphatic rings. The number of aliphatic hydroxyl groups excluding tert-OH is 1. The molecule has 2 nitrogen and oxygen atoms in total. The van der Waals surface area contributed by atoms with E-state index >= 15 is 0 Å². The van der Waals surface area contributed by atoms with Crippen LogP contribution in [0.2, 0.25) is 0 Å². The van der Waals surface area contributed by atoms with Gasteiger partial charge in [0, 0.05) is 11.1 Å². The lowest BCUT2D eigenvalue weighted by Gasteiger charge is -2.17. The molecule has 0 fully saturated rings. The minimum absolute atomic E-state index is 0.333. The number of rotatable bonds is 3. The Hall–Kier alpha value is -1.09. The molecule has 84 valence electrons. The SMILES string of the molecule is CCc1c(C(C)O)cc(F)c(C)c1OC. The fraction of sp³-hybridized carbons (Fsp3) is 0.500. The Bertz CT molecular complexity index is 359. The highest BCUT2D eigenvalue weighted by molar-refractivity contribution is 5.47. The van der Waals surface area contributed by atoms with Crippen molar-refractivity contribution in [1.29, 1.82) is 0 Å². The topological polar surface area (TPSA) is 29.5 Å². The third-order valence-corrected chi connectivity index (χ3v) is 2.61. The van der Waals surface area contributed by atoms with Crippen molar-refractivity contribution in [2.45, 2.75) is 33.3 Å². The van der Waals surface area contributed by atoms with Crippen LogP contribution in [0, 0.1) is 12.7 Å². The Labute approximate surface area is 89.7 Å². The molecule has 1 unspecified atom stereocenters. The number of halogens is 1. The van der Waals surface area contributed by atoms with Crippen LogP contribution in [0.15, 0.2) is 6.07 Å². The second kappa shape index (κ2) is 4.62. The second-order valence-corrected chi connectivity index (χ2v) is 3.61. The van der Waals surface area contributed by atoms with Gasteiger partial charge in [0.05, 0.1) is 13.2 Å². The summed E-state index contributed by atoms with van der Waals surface area (Å²) in [6, 6.07) is 1.39. The third kappa shape index (κ3) is 2.12. The van der Waals surface area contributed by atoms with Gasteiger partial charge in [-0.15, -0.1) is 0 Å². The van der Waals surface area contributed by atoms with E-state index in [1.165, 1.54) is 13.2 Å². The Balaban J connectivity index is 3.47. The van der Waals surface area contributed by atoms with Gasteiger partial charge in [-0.2, -0.15) is 0 Å². The van der Waals surface area contributed by atoms with Crippen LogP contribution in [0.5, 0.6) is 5.75 Å². The predicted octanol–water partition coefficient (Wildman–Crippen LogP) is 2.76. The molecule has 0 amide bonds. The monoisotopic (exact) mass is 212 g/mol. The van der Waals surface area contributed by atoms with Crippen LogP contribution in [0.1, 0.15) is 36.6 Å². The maximum Gasteiger partial charge on any atom is 0.130 e. The standard InChI is InChI=1S/C12H17FO2/c1-5-9-10(8(3)14)6-11(13)7(2)12(9)15-4/h6,8,14H,5H2,1-4H3. The summed E-state index contributed by atoms with van der Waals surface area (Å²) in [7, 11) is 1.52. The van der Waals surface area contributed by atoms with E-state index in [1.807, 2.05) is 6.92 Å². The first-order chi connectivity index (χ1) is 7.02. The highest BCUT2D eigenvalue weighted by Crippen LogP contribution is 2.32. The van der Waals surface area contributed by atoms with E-state index < -0.39 is 6.10 Å². The van der Waals surface area contributed by atoms with Gasteiger partial charge in [0.25, 0.3) is 0 Å². The summed E-state index contributed by atoms with van der Waals surface area (Å²) in [5, 5.41) is 9.55. The normalized spacial score (nSPS) is 12.7. The van der Waals surface area contributed by atoms with E-state index in [1.54, 1.807) is 13.8 Å². The molecule has 0 aromatic heterocycles. The fourth-order valence-electron chi connectivity index (χ4n) is 1.81. The molecule has 0 heterocycles. The molecule has 1 aromatic rings. The summed E-state index contributed by atoms with van der Waals surface area (Å²) < 4.78 is 18.7. The van der Waals surface area contributed by atoms with Crippen LogP contribution < -0.4 is 4.74 Å². The van der Waals surface area contributed by atoms with Crippen molar-refractivity contribution in [1.82, 2.24) is 0 Å². The quantitative estimate of drug-likeness (QED) is 0.834. The lowest BCUT2D eigenvalue weighted by molar-refractivity contribution is 0.197. The highest BCUT2D eigenvalue weighted by atomic mass is 19.1. The van der Waals surface area contributed by atoms with Crippen LogP contribution >= 0.6 is 0 Å². The van der Waals surface area contributed by atoms with E-state index in [9.17, 15) is 9.50 Å². The summed E-state index contributed by atoms with van der Waals surface area (Å²) in [5.41, 5.74) is 1.99. The van der Waals surface area contributed by atoms with Gasteiger partial charge in [-0.3, -0.25) is 0 Å². The maximum atomic E-state index is 13.5. The van der Waals surface area contributed by atoms with Crippen molar-refractivity contribution in [3.63, 3.8) is 0 Å². The van der Waals surface area contributed by atoms with E-state index in [0.717, 1.165) is 5.56 Å². The lowest BCUT2D eigenvalue weighted by Crippen LogP contribution is -2.04. The van der Waals surface area contributed by atoms with E-state index in [4.69, 9.17) is 4.74 Å². The molecule has 0 radical (unpaired) electrons. The molecule has 0 aliphatic heterocycles. The molecule has 1 atom stereocenters. The van der Waals surface area contributed by atoms with Gasteiger partial charge in [-0.25, -0.2) is 4.39 Å². The third-order valence-electron chi connectivity index (χ3n) is 2.61. The molecule has 1 N–H and O–H groups in total.